The van der Waals surface area contributed by atoms with Crippen molar-refractivity contribution in [2.24, 2.45) is 0 Å². The topological polar surface area (TPSA) is 129 Å². The van der Waals surface area contributed by atoms with Gasteiger partial charge in [-0.05, 0) is 27.1 Å². The Hall–Kier alpha value is -2.39. The van der Waals surface area contributed by atoms with E-state index in [1.165, 1.54) is 6.07 Å². The standard InChI is InChI=1S/C15H22N2O7/c1-10(16(2)3)9-17-6-4-5-11(17)24-13(20)8-15(23,14(21)22)7-12(18)19/h4-6,10,23H,7-9H2,1-3H3,(H,18,19)(H,21,22). The molecule has 1 heterocycles. The van der Waals surface area contributed by atoms with E-state index in [0.717, 1.165) is 0 Å². The third-order valence-electron chi connectivity index (χ3n) is 3.63. The summed E-state index contributed by atoms with van der Waals surface area (Å²) in [5.74, 6) is -4.16. The van der Waals surface area contributed by atoms with Crippen molar-refractivity contribution in [2.75, 3.05) is 14.1 Å². The Morgan fingerprint density at radius 3 is 2.42 bits per heavy atom. The number of likely N-dealkylation sites (N-methyl/N-ethyl adjacent to an activating group) is 1. The van der Waals surface area contributed by atoms with Crippen molar-refractivity contribution in [2.45, 2.75) is 38.0 Å². The van der Waals surface area contributed by atoms with Crippen molar-refractivity contribution in [1.82, 2.24) is 9.47 Å². The molecule has 0 aliphatic heterocycles. The normalized spacial score (nSPS) is 14.9. The molecule has 134 valence electrons. The van der Waals surface area contributed by atoms with Crippen LogP contribution in [0, 0.1) is 0 Å². The molecule has 1 aromatic rings. The molecule has 0 saturated carbocycles. The fourth-order valence-corrected chi connectivity index (χ4v) is 1.95. The molecule has 24 heavy (non-hydrogen) atoms. The molecular formula is C15H22N2O7. The third-order valence-corrected chi connectivity index (χ3v) is 3.63. The van der Waals surface area contributed by atoms with Gasteiger partial charge in [0.05, 0.1) is 12.8 Å². The SMILES string of the molecule is CC(Cn1cccc1OC(=O)CC(O)(CC(=O)O)C(=O)O)N(C)C. The molecule has 0 fully saturated rings. The molecule has 3 N–H and O–H groups in total. The number of esters is 1. The third kappa shape index (κ3) is 5.36. The van der Waals surface area contributed by atoms with Crippen LogP contribution in [0.25, 0.3) is 0 Å². The summed E-state index contributed by atoms with van der Waals surface area (Å²) in [7, 11) is 3.80. The first kappa shape index (κ1) is 19.7. The quantitative estimate of drug-likeness (QED) is 0.536. The van der Waals surface area contributed by atoms with Gasteiger partial charge < -0.3 is 29.5 Å². The molecular weight excluding hydrogens is 320 g/mol. The fraction of sp³-hybridized carbons (Fsp3) is 0.533. The number of hydrogen-bond donors (Lipinski definition) is 3. The van der Waals surface area contributed by atoms with Gasteiger partial charge in [-0.1, -0.05) is 0 Å². The lowest BCUT2D eigenvalue weighted by Gasteiger charge is -2.22. The first-order valence-corrected chi connectivity index (χ1v) is 7.25. The Balaban J connectivity index is 2.80. The minimum absolute atomic E-state index is 0.151. The van der Waals surface area contributed by atoms with Crippen molar-refractivity contribution in [3.05, 3.63) is 18.3 Å². The summed E-state index contributed by atoms with van der Waals surface area (Å²) in [5.41, 5.74) is -2.71. The highest BCUT2D eigenvalue weighted by Crippen LogP contribution is 2.20. The number of rotatable bonds is 9. The molecule has 0 saturated heterocycles. The highest BCUT2D eigenvalue weighted by molar-refractivity contribution is 5.89. The van der Waals surface area contributed by atoms with Gasteiger partial charge in [0.1, 0.15) is 0 Å². The lowest BCUT2D eigenvalue weighted by atomic mass is 9.96. The predicted octanol–water partition coefficient (Wildman–Crippen LogP) is 0.0241. The molecule has 0 aromatic carbocycles. The first-order valence-electron chi connectivity index (χ1n) is 7.25. The molecule has 1 rings (SSSR count). The Bertz CT molecular complexity index is 611. The molecule has 2 unspecified atom stereocenters. The number of carboxylic acid groups (broad SMARTS) is 2. The smallest absolute Gasteiger partial charge is 0.336 e. The van der Waals surface area contributed by atoms with Crippen molar-refractivity contribution < 1.29 is 34.4 Å². The summed E-state index contributed by atoms with van der Waals surface area (Å²) in [5, 5.41) is 27.5. The van der Waals surface area contributed by atoms with E-state index in [2.05, 4.69) is 0 Å². The molecule has 0 radical (unpaired) electrons. The molecule has 0 aliphatic carbocycles. The number of carbonyl (C=O) groups excluding carboxylic acids is 1. The molecule has 1 aromatic heterocycles. The second-order valence-corrected chi connectivity index (χ2v) is 5.87. The van der Waals surface area contributed by atoms with Crippen LogP contribution >= 0.6 is 0 Å². The van der Waals surface area contributed by atoms with Crippen LogP contribution in [0.15, 0.2) is 18.3 Å². The summed E-state index contributed by atoms with van der Waals surface area (Å²) in [6.07, 6.45) is -0.373. The summed E-state index contributed by atoms with van der Waals surface area (Å²) >= 11 is 0. The van der Waals surface area contributed by atoms with Crippen molar-refractivity contribution in [3.8, 4) is 5.88 Å². The highest BCUT2D eigenvalue weighted by Gasteiger charge is 2.41. The van der Waals surface area contributed by atoms with Crippen LogP contribution in [0.1, 0.15) is 19.8 Å². The second kappa shape index (κ2) is 7.93. The zero-order chi connectivity index (χ0) is 18.5. The van der Waals surface area contributed by atoms with Gasteiger partial charge in [0.25, 0.3) is 0 Å². The monoisotopic (exact) mass is 342 g/mol. The van der Waals surface area contributed by atoms with Gasteiger partial charge in [0.2, 0.25) is 5.88 Å². The van der Waals surface area contributed by atoms with E-state index in [9.17, 15) is 19.5 Å². The number of hydrogen-bond acceptors (Lipinski definition) is 6. The maximum atomic E-state index is 11.9. The number of aliphatic carboxylic acids is 2. The maximum absolute atomic E-state index is 11.9. The van der Waals surface area contributed by atoms with Gasteiger partial charge in [-0.15, -0.1) is 0 Å². The molecule has 0 spiro atoms. The van der Waals surface area contributed by atoms with Gasteiger partial charge >= 0.3 is 17.9 Å². The number of ether oxygens (including phenoxy) is 1. The molecule has 2 atom stereocenters. The summed E-state index contributed by atoms with van der Waals surface area (Å²) in [6, 6.07) is 3.33. The van der Waals surface area contributed by atoms with Crippen LogP contribution in [-0.4, -0.2) is 68.4 Å². The van der Waals surface area contributed by atoms with E-state index in [0.29, 0.717) is 6.54 Å². The lowest BCUT2D eigenvalue weighted by Crippen LogP contribution is -2.43. The number of carbonyl (C=O) groups is 3. The Kier molecular flexibility index (Phi) is 6.50. The minimum atomic E-state index is -2.71. The fourth-order valence-electron chi connectivity index (χ4n) is 1.95. The van der Waals surface area contributed by atoms with Crippen molar-refractivity contribution >= 4 is 17.9 Å². The van der Waals surface area contributed by atoms with Crippen LogP contribution in [-0.2, 0) is 20.9 Å². The largest absolute Gasteiger partial charge is 0.481 e. The molecule has 0 aliphatic rings. The Morgan fingerprint density at radius 2 is 1.92 bits per heavy atom. The van der Waals surface area contributed by atoms with Gasteiger partial charge in [-0.25, -0.2) is 4.79 Å². The summed E-state index contributed by atoms with van der Waals surface area (Å²) < 4.78 is 6.75. The van der Waals surface area contributed by atoms with Crippen molar-refractivity contribution in [1.29, 1.82) is 0 Å². The molecule has 0 bridgehead atoms. The highest BCUT2D eigenvalue weighted by atomic mass is 16.5. The summed E-state index contributed by atoms with van der Waals surface area (Å²) in [6.45, 7) is 2.50. The molecule has 9 nitrogen and oxygen atoms in total. The van der Waals surface area contributed by atoms with Crippen molar-refractivity contribution in [3.63, 3.8) is 0 Å². The lowest BCUT2D eigenvalue weighted by molar-refractivity contribution is -0.169. The second-order valence-electron chi connectivity index (χ2n) is 5.87. The average Bonchev–Trinajstić information content (AvgIpc) is 2.84. The number of carboxylic acids is 2. The van der Waals surface area contributed by atoms with E-state index in [1.54, 1.807) is 16.8 Å². The van der Waals surface area contributed by atoms with Crippen LogP contribution in [0.3, 0.4) is 0 Å². The minimum Gasteiger partial charge on any atom is -0.481 e. The van der Waals surface area contributed by atoms with Crippen LogP contribution in [0.4, 0.5) is 0 Å². The van der Waals surface area contributed by atoms with E-state index in [4.69, 9.17) is 14.9 Å². The Morgan fingerprint density at radius 1 is 1.29 bits per heavy atom. The van der Waals surface area contributed by atoms with Gasteiger partial charge in [0.15, 0.2) is 5.60 Å². The van der Waals surface area contributed by atoms with Crippen LogP contribution in [0.2, 0.25) is 0 Å². The average molecular weight is 342 g/mol. The number of nitrogens with zero attached hydrogens (tertiary/aromatic N) is 2. The van der Waals surface area contributed by atoms with Gasteiger partial charge in [0, 0.05) is 24.8 Å². The van der Waals surface area contributed by atoms with Gasteiger partial charge in [-0.2, -0.15) is 0 Å². The zero-order valence-electron chi connectivity index (χ0n) is 13.8. The van der Waals surface area contributed by atoms with Gasteiger partial charge in [-0.3, -0.25) is 9.59 Å². The zero-order valence-corrected chi connectivity index (χ0v) is 13.8. The number of aliphatic hydroxyl groups is 1. The van der Waals surface area contributed by atoms with E-state index < -0.39 is 36.4 Å². The maximum Gasteiger partial charge on any atom is 0.336 e. The summed E-state index contributed by atoms with van der Waals surface area (Å²) in [4.78, 5) is 35.6. The van der Waals surface area contributed by atoms with Crippen LogP contribution < -0.4 is 4.74 Å². The van der Waals surface area contributed by atoms with E-state index >= 15 is 0 Å². The predicted molar refractivity (Wildman–Crippen MR) is 82.7 cm³/mol. The number of aromatic nitrogens is 1. The Labute approximate surface area is 139 Å². The first-order chi connectivity index (χ1) is 11.0. The van der Waals surface area contributed by atoms with Crippen LogP contribution in [0.5, 0.6) is 5.88 Å². The van der Waals surface area contributed by atoms with E-state index in [-0.39, 0.29) is 11.9 Å². The van der Waals surface area contributed by atoms with E-state index in [1.807, 2.05) is 25.9 Å². The molecule has 9 heteroatoms. The molecule has 0 amide bonds.